The molecular weight excluding hydrogens is 350 g/mol. The molecule has 2 aromatic carbocycles. The molecule has 1 aliphatic heterocycles. The number of carbonyl (C=O) groups excluding carboxylic acids is 1. The fourth-order valence-corrected chi connectivity index (χ4v) is 3.50. The number of rotatable bonds is 6. The second kappa shape index (κ2) is 7.52. The maximum absolute atomic E-state index is 13.1. The topological polar surface area (TPSA) is 46.5 Å². The van der Waals surface area contributed by atoms with Gasteiger partial charge in [-0.15, -0.1) is 0 Å². The molecule has 5 nitrogen and oxygen atoms in total. The zero-order valence-corrected chi connectivity index (χ0v) is 16.3. The molecule has 4 rings (SSSR count). The van der Waals surface area contributed by atoms with E-state index in [-0.39, 0.29) is 5.91 Å². The molecule has 1 fully saturated rings. The first kappa shape index (κ1) is 18.3. The molecule has 144 valence electrons. The summed E-state index contributed by atoms with van der Waals surface area (Å²) in [6, 6.07) is 21.3. The molecule has 1 aromatic heterocycles. The number of hydrogen-bond acceptors (Lipinski definition) is 3. The van der Waals surface area contributed by atoms with Gasteiger partial charge in [0.1, 0.15) is 5.75 Å². The Morgan fingerprint density at radius 3 is 2.50 bits per heavy atom. The number of aromatic nitrogens is 1. The summed E-state index contributed by atoms with van der Waals surface area (Å²) < 4.78 is 8.07. The van der Waals surface area contributed by atoms with Crippen LogP contribution in [0.5, 0.6) is 11.5 Å². The van der Waals surface area contributed by atoms with Gasteiger partial charge in [0.05, 0.1) is 11.2 Å². The lowest BCUT2D eigenvalue weighted by molar-refractivity contribution is -0.136. The van der Waals surface area contributed by atoms with Crippen LogP contribution in [-0.4, -0.2) is 27.5 Å². The van der Waals surface area contributed by atoms with Gasteiger partial charge in [-0.05, 0) is 49.7 Å². The largest absolute Gasteiger partial charge is 0.455 e. The molecule has 3 aromatic rings. The van der Waals surface area contributed by atoms with E-state index in [4.69, 9.17) is 4.74 Å². The predicted molar refractivity (Wildman–Crippen MR) is 110 cm³/mol. The Labute approximate surface area is 165 Å². The maximum Gasteiger partial charge on any atom is 0.244 e. The summed E-state index contributed by atoms with van der Waals surface area (Å²) in [5, 5.41) is 3.09. The highest BCUT2D eigenvalue weighted by atomic mass is 16.5. The van der Waals surface area contributed by atoms with Crippen LogP contribution in [0, 0.1) is 0 Å². The monoisotopic (exact) mass is 375 g/mol. The van der Waals surface area contributed by atoms with E-state index in [9.17, 15) is 4.79 Å². The van der Waals surface area contributed by atoms with E-state index in [2.05, 4.69) is 20.9 Å². The van der Waals surface area contributed by atoms with E-state index < -0.39 is 5.54 Å². The van der Waals surface area contributed by atoms with Crippen molar-refractivity contribution in [3.05, 3.63) is 78.6 Å². The lowest BCUT2D eigenvalue weighted by Crippen LogP contribution is -2.63. The SMILES string of the molecule is Cn1cccc1CN1CCC1(C)C(=O)Nc1ccccc1Oc1ccccc1. The van der Waals surface area contributed by atoms with Gasteiger partial charge in [0.15, 0.2) is 5.75 Å². The van der Waals surface area contributed by atoms with Crippen molar-refractivity contribution in [2.24, 2.45) is 7.05 Å². The Kier molecular flexibility index (Phi) is 4.92. The average molecular weight is 375 g/mol. The van der Waals surface area contributed by atoms with Gasteiger partial charge in [-0.1, -0.05) is 30.3 Å². The second-order valence-electron chi connectivity index (χ2n) is 7.42. The standard InChI is InChI=1S/C23H25N3O2/c1-23(14-16-26(23)17-18-9-8-15-25(18)2)22(27)24-20-12-6-7-13-21(20)28-19-10-4-3-5-11-19/h3-13,15H,14,16-17H2,1-2H3,(H,24,27). The lowest BCUT2D eigenvalue weighted by atomic mass is 9.85. The number of carbonyl (C=O) groups is 1. The maximum atomic E-state index is 13.1. The van der Waals surface area contributed by atoms with Crippen molar-refractivity contribution in [2.45, 2.75) is 25.4 Å². The van der Waals surface area contributed by atoms with Crippen LogP contribution in [0.2, 0.25) is 0 Å². The Bertz CT molecular complexity index is 967. The minimum absolute atomic E-state index is 0.00271. The summed E-state index contributed by atoms with van der Waals surface area (Å²) in [6.45, 7) is 3.68. The van der Waals surface area contributed by atoms with Crippen molar-refractivity contribution < 1.29 is 9.53 Å². The van der Waals surface area contributed by atoms with E-state index in [0.29, 0.717) is 11.4 Å². The van der Waals surface area contributed by atoms with Gasteiger partial charge in [-0.3, -0.25) is 9.69 Å². The van der Waals surface area contributed by atoms with Crippen molar-refractivity contribution in [1.82, 2.24) is 9.47 Å². The molecule has 1 N–H and O–H groups in total. The first-order valence-corrected chi connectivity index (χ1v) is 9.55. The quantitative estimate of drug-likeness (QED) is 0.694. The van der Waals surface area contributed by atoms with Gasteiger partial charge in [-0.2, -0.15) is 0 Å². The summed E-state index contributed by atoms with van der Waals surface area (Å²) in [7, 11) is 2.03. The fourth-order valence-electron chi connectivity index (χ4n) is 3.50. The highest BCUT2D eigenvalue weighted by molar-refractivity contribution is 5.99. The highest BCUT2D eigenvalue weighted by Crippen LogP contribution is 2.35. The Balaban J connectivity index is 1.48. The first-order valence-electron chi connectivity index (χ1n) is 9.55. The van der Waals surface area contributed by atoms with E-state index in [0.717, 1.165) is 25.3 Å². The summed E-state index contributed by atoms with van der Waals surface area (Å²) in [5.74, 6) is 1.38. The summed E-state index contributed by atoms with van der Waals surface area (Å²) in [4.78, 5) is 15.4. The van der Waals surface area contributed by atoms with Gasteiger partial charge in [0.2, 0.25) is 5.91 Å². The third-order valence-electron chi connectivity index (χ3n) is 5.57. The number of likely N-dealkylation sites (tertiary alicyclic amines) is 1. The molecule has 0 aliphatic carbocycles. The van der Waals surface area contributed by atoms with Crippen LogP contribution in [0.1, 0.15) is 19.0 Å². The molecule has 28 heavy (non-hydrogen) atoms. The molecule has 1 aliphatic rings. The van der Waals surface area contributed by atoms with Crippen molar-refractivity contribution in [3.63, 3.8) is 0 Å². The van der Waals surface area contributed by atoms with Gasteiger partial charge >= 0.3 is 0 Å². The van der Waals surface area contributed by atoms with E-state index in [1.165, 1.54) is 5.69 Å². The number of nitrogens with zero attached hydrogens (tertiary/aromatic N) is 2. The third-order valence-corrected chi connectivity index (χ3v) is 5.57. The molecule has 0 saturated carbocycles. The van der Waals surface area contributed by atoms with Gasteiger partial charge in [0.25, 0.3) is 0 Å². The molecule has 1 unspecified atom stereocenters. The van der Waals surface area contributed by atoms with Crippen LogP contribution < -0.4 is 10.1 Å². The number of aryl methyl sites for hydroxylation is 1. The van der Waals surface area contributed by atoms with Gasteiger partial charge < -0.3 is 14.6 Å². The Hall–Kier alpha value is -3.05. The number of nitrogens with one attached hydrogen (secondary N) is 1. The van der Waals surface area contributed by atoms with Crippen LogP contribution in [0.15, 0.2) is 72.9 Å². The van der Waals surface area contributed by atoms with Crippen LogP contribution in [-0.2, 0) is 18.4 Å². The van der Waals surface area contributed by atoms with E-state index in [1.807, 2.05) is 80.8 Å². The summed E-state index contributed by atoms with van der Waals surface area (Å²) in [5.41, 5.74) is 1.36. The van der Waals surface area contributed by atoms with Crippen molar-refractivity contribution >= 4 is 11.6 Å². The van der Waals surface area contributed by atoms with Crippen LogP contribution in [0.25, 0.3) is 0 Å². The summed E-state index contributed by atoms with van der Waals surface area (Å²) >= 11 is 0. The van der Waals surface area contributed by atoms with Crippen molar-refractivity contribution in [1.29, 1.82) is 0 Å². The molecule has 0 radical (unpaired) electrons. The fraction of sp³-hybridized carbons (Fsp3) is 0.261. The number of benzene rings is 2. The first-order chi connectivity index (χ1) is 13.6. The zero-order valence-electron chi connectivity index (χ0n) is 16.3. The normalized spacial score (nSPS) is 19.1. The second-order valence-corrected chi connectivity index (χ2v) is 7.42. The van der Waals surface area contributed by atoms with Gasteiger partial charge in [0, 0.05) is 32.0 Å². The number of para-hydroxylation sites is 3. The molecule has 0 bridgehead atoms. The summed E-state index contributed by atoms with van der Waals surface area (Å²) in [6.07, 6.45) is 2.87. The molecule has 1 saturated heterocycles. The molecule has 0 spiro atoms. The number of ether oxygens (including phenoxy) is 1. The van der Waals surface area contributed by atoms with Crippen LogP contribution >= 0.6 is 0 Å². The highest BCUT2D eigenvalue weighted by Gasteiger charge is 2.47. The third kappa shape index (κ3) is 3.53. The smallest absolute Gasteiger partial charge is 0.244 e. The Morgan fingerprint density at radius 2 is 1.82 bits per heavy atom. The number of hydrogen-bond donors (Lipinski definition) is 1. The van der Waals surface area contributed by atoms with Crippen molar-refractivity contribution in [3.8, 4) is 11.5 Å². The molecular formula is C23H25N3O2. The molecule has 1 atom stereocenters. The number of anilines is 1. The molecule has 2 heterocycles. The molecule has 1 amide bonds. The van der Waals surface area contributed by atoms with E-state index >= 15 is 0 Å². The number of amides is 1. The minimum Gasteiger partial charge on any atom is -0.455 e. The predicted octanol–water partition coefficient (Wildman–Crippen LogP) is 4.42. The van der Waals surface area contributed by atoms with E-state index in [1.54, 1.807) is 0 Å². The zero-order chi connectivity index (χ0) is 19.6. The van der Waals surface area contributed by atoms with Crippen molar-refractivity contribution in [2.75, 3.05) is 11.9 Å². The van der Waals surface area contributed by atoms with Crippen LogP contribution in [0.3, 0.4) is 0 Å². The average Bonchev–Trinajstić information content (AvgIpc) is 3.11. The lowest BCUT2D eigenvalue weighted by Gasteiger charge is -2.49. The molecule has 5 heteroatoms. The van der Waals surface area contributed by atoms with Crippen LogP contribution in [0.4, 0.5) is 5.69 Å². The minimum atomic E-state index is -0.524. The van der Waals surface area contributed by atoms with Gasteiger partial charge in [-0.25, -0.2) is 0 Å². The Morgan fingerprint density at radius 1 is 1.07 bits per heavy atom.